The summed E-state index contributed by atoms with van der Waals surface area (Å²) in [5.41, 5.74) is 2.46. The Morgan fingerprint density at radius 3 is 2.42 bits per heavy atom. The highest BCUT2D eigenvalue weighted by molar-refractivity contribution is 5.96. The molecule has 0 fully saturated rings. The van der Waals surface area contributed by atoms with Gasteiger partial charge in [0.1, 0.15) is 11.3 Å². The molecule has 24 heavy (non-hydrogen) atoms. The van der Waals surface area contributed by atoms with Gasteiger partial charge in [-0.05, 0) is 38.9 Å². The molecule has 2 rings (SSSR count). The van der Waals surface area contributed by atoms with Crippen LogP contribution in [0.1, 0.15) is 41.2 Å². The van der Waals surface area contributed by atoms with E-state index in [0.29, 0.717) is 23.6 Å². The number of nitrogens with one attached hydrogen (secondary N) is 1. The number of benzene rings is 1. The first-order chi connectivity index (χ1) is 11.6. The van der Waals surface area contributed by atoms with Crippen LogP contribution in [0.5, 0.6) is 0 Å². The third kappa shape index (κ3) is 4.45. The summed E-state index contributed by atoms with van der Waals surface area (Å²) in [6.45, 7) is 10.4. The van der Waals surface area contributed by atoms with Crippen LogP contribution in [0.2, 0.25) is 0 Å². The Kier molecular flexibility index (Phi) is 6.55. The largest absolute Gasteiger partial charge is 0.361 e. The molecule has 5 nitrogen and oxygen atoms in total. The quantitative estimate of drug-likeness (QED) is 0.809. The molecule has 5 heteroatoms. The molecule has 0 bridgehead atoms. The van der Waals surface area contributed by atoms with Gasteiger partial charge in [0, 0.05) is 12.6 Å². The number of aromatic nitrogens is 1. The van der Waals surface area contributed by atoms with E-state index in [9.17, 15) is 4.79 Å². The predicted octanol–water partition coefficient (Wildman–Crippen LogP) is 2.97. The van der Waals surface area contributed by atoms with Gasteiger partial charge in [-0.1, -0.05) is 49.3 Å². The van der Waals surface area contributed by atoms with E-state index in [1.807, 2.05) is 6.07 Å². The average molecular weight is 329 g/mol. The Labute approximate surface area is 144 Å². The van der Waals surface area contributed by atoms with E-state index < -0.39 is 0 Å². The van der Waals surface area contributed by atoms with Gasteiger partial charge in [-0.15, -0.1) is 0 Å². The first kappa shape index (κ1) is 18.2. The summed E-state index contributed by atoms with van der Waals surface area (Å²) in [4.78, 5) is 14.8. The molecule has 2 aromatic rings. The third-order valence-electron chi connectivity index (χ3n) is 4.40. The topological polar surface area (TPSA) is 58.4 Å². The van der Waals surface area contributed by atoms with Gasteiger partial charge in [0.15, 0.2) is 0 Å². The van der Waals surface area contributed by atoms with Crippen molar-refractivity contribution in [2.45, 2.75) is 40.2 Å². The standard InChI is InChI=1S/C19H27N3O2/c1-5-22(6-2)17(12-16-10-8-7-9-11-16)13-20-19(23)18-14(3)21-24-15(18)4/h7-11,17H,5-6,12-13H2,1-4H3,(H,20,23). The van der Waals surface area contributed by atoms with Gasteiger partial charge in [-0.25, -0.2) is 0 Å². The van der Waals surface area contributed by atoms with E-state index in [1.165, 1.54) is 5.56 Å². The second-order valence-corrected chi connectivity index (χ2v) is 5.97. The number of amides is 1. The highest BCUT2D eigenvalue weighted by Gasteiger charge is 2.21. The van der Waals surface area contributed by atoms with Crippen LogP contribution in [-0.2, 0) is 6.42 Å². The van der Waals surface area contributed by atoms with Crippen molar-refractivity contribution in [1.29, 1.82) is 0 Å². The van der Waals surface area contributed by atoms with Crippen molar-refractivity contribution >= 4 is 5.91 Å². The molecule has 1 aromatic carbocycles. The van der Waals surface area contributed by atoms with Gasteiger partial charge in [0.25, 0.3) is 5.91 Å². The molecule has 1 heterocycles. The third-order valence-corrected chi connectivity index (χ3v) is 4.40. The summed E-state index contributed by atoms with van der Waals surface area (Å²) in [6.07, 6.45) is 0.907. The highest BCUT2D eigenvalue weighted by Crippen LogP contribution is 2.13. The molecule has 0 radical (unpaired) electrons. The average Bonchev–Trinajstić information content (AvgIpc) is 2.93. The van der Waals surface area contributed by atoms with E-state index in [1.54, 1.807) is 13.8 Å². The van der Waals surface area contributed by atoms with Gasteiger partial charge in [-0.3, -0.25) is 9.69 Å². The zero-order valence-corrected chi connectivity index (χ0v) is 15.0. The SMILES string of the molecule is CCN(CC)C(CNC(=O)c1c(C)noc1C)Cc1ccccc1. The maximum absolute atomic E-state index is 12.5. The van der Waals surface area contributed by atoms with Crippen molar-refractivity contribution in [3.05, 3.63) is 52.9 Å². The second-order valence-electron chi connectivity index (χ2n) is 5.97. The molecule has 130 valence electrons. The smallest absolute Gasteiger partial charge is 0.256 e. The summed E-state index contributed by atoms with van der Waals surface area (Å²) in [5.74, 6) is 0.448. The highest BCUT2D eigenvalue weighted by atomic mass is 16.5. The second kappa shape index (κ2) is 8.64. The van der Waals surface area contributed by atoms with E-state index in [0.717, 1.165) is 19.5 Å². The summed E-state index contributed by atoms with van der Waals surface area (Å²) in [6, 6.07) is 10.6. The molecule has 1 N–H and O–H groups in total. The number of hydrogen-bond acceptors (Lipinski definition) is 4. The molecule has 1 atom stereocenters. The Balaban J connectivity index is 2.06. The number of aryl methyl sites for hydroxylation is 2. The molecule has 1 unspecified atom stereocenters. The lowest BCUT2D eigenvalue weighted by atomic mass is 10.0. The summed E-state index contributed by atoms with van der Waals surface area (Å²) in [5, 5.41) is 6.91. The molecule has 0 saturated carbocycles. The number of carbonyl (C=O) groups is 1. The fourth-order valence-corrected chi connectivity index (χ4v) is 3.06. The fraction of sp³-hybridized carbons (Fsp3) is 0.474. The number of rotatable bonds is 8. The van der Waals surface area contributed by atoms with Crippen molar-refractivity contribution in [1.82, 2.24) is 15.4 Å². The van der Waals surface area contributed by atoms with E-state index >= 15 is 0 Å². The van der Waals surface area contributed by atoms with Crippen LogP contribution in [0.15, 0.2) is 34.9 Å². The van der Waals surface area contributed by atoms with Crippen molar-refractivity contribution in [2.24, 2.45) is 0 Å². The lowest BCUT2D eigenvalue weighted by molar-refractivity contribution is 0.0932. The predicted molar refractivity (Wildman–Crippen MR) is 95.2 cm³/mol. The molecule has 1 aromatic heterocycles. The summed E-state index contributed by atoms with van der Waals surface area (Å²) < 4.78 is 5.09. The minimum atomic E-state index is -0.114. The molecule has 0 aliphatic rings. The Hall–Kier alpha value is -2.14. The van der Waals surface area contributed by atoms with E-state index in [-0.39, 0.29) is 11.9 Å². The van der Waals surface area contributed by atoms with Crippen LogP contribution in [-0.4, -0.2) is 41.6 Å². The van der Waals surface area contributed by atoms with Gasteiger partial charge in [0.2, 0.25) is 0 Å². The van der Waals surface area contributed by atoms with Crippen LogP contribution < -0.4 is 5.32 Å². The Bertz CT molecular complexity index is 628. The maximum atomic E-state index is 12.5. The first-order valence-electron chi connectivity index (χ1n) is 8.55. The summed E-state index contributed by atoms with van der Waals surface area (Å²) >= 11 is 0. The molecule has 1 amide bonds. The van der Waals surface area contributed by atoms with E-state index in [2.05, 4.69) is 53.5 Å². The zero-order valence-electron chi connectivity index (χ0n) is 15.0. The van der Waals surface area contributed by atoms with Crippen LogP contribution in [0.3, 0.4) is 0 Å². The molecular weight excluding hydrogens is 302 g/mol. The van der Waals surface area contributed by atoms with Crippen molar-refractivity contribution in [3.63, 3.8) is 0 Å². The number of nitrogens with zero attached hydrogens (tertiary/aromatic N) is 2. The maximum Gasteiger partial charge on any atom is 0.256 e. The minimum Gasteiger partial charge on any atom is -0.361 e. The van der Waals surface area contributed by atoms with Gasteiger partial charge in [-0.2, -0.15) is 0 Å². The normalized spacial score (nSPS) is 12.4. The van der Waals surface area contributed by atoms with Crippen LogP contribution in [0, 0.1) is 13.8 Å². The molecule has 0 aliphatic carbocycles. The van der Waals surface area contributed by atoms with Gasteiger partial charge < -0.3 is 9.84 Å². The van der Waals surface area contributed by atoms with Crippen LogP contribution in [0.4, 0.5) is 0 Å². The molecular formula is C19H27N3O2. The van der Waals surface area contributed by atoms with Crippen molar-refractivity contribution in [2.75, 3.05) is 19.6 Å². The lowest BCUT2D eigenvalue weighted by Crippen LogP contribution is -2.45. The van der Waals surface area contributed by atoms with Crippen LogP contribution >= 0.6 is 0 Å². The van der Waals surface area contributed by atoms with Gasteiger partial charge >= 0.3 is 0 Å². The Morgan fingerprint density at radius 2 is 1.88 bits per heavy atom. The Morgan fingerprint density at radius 1 is 1.21 bits per heavy atom. The first-order valence-corrected chi connectivity index (χ1v) is 8.55. The monoisotopic (exact) mass is 329 g/mol. The number of likely N-dealkylation sites (N-methyl/N-ethyl adjacent to an activating group) is 1. The summed E-state index contributed by atoms with van der Waals surface area (Å²) in [7, 11) is 0. The van der Waals surface area contributed by atoms with E-state index in [4.69, 9.17) is 4.52 Å². The molecule has 0 saturated heterocycles. The lowest BCUT2D eigenvalue weighted by Gasteiger charge is -2.30. The zero-order chi connectivity index (χ0) is 17.5. The minimum absolute atomic E-state index is 0.114. The van der Waals surface area contributed by atoms with Crippen molar-refractivity contribution in [3.8, 4) is 0 Å². The van der Waals surface area contributed by atoms with Gasteiger partial charge in [0.05, 0.1) is 5.69 Å². The van der Waals surface area contributed by atoms with Crippen molar-refractivity contribution < 1.29 is 9.32 Å². The molecule has 0 spiro atoms. The molecule has 0 aliphatic heterocycles. The van der Waals surface area contributed by atoms with Crippen LogP contribution in [0.25, 0.3) is 0 Å². The number of hydrogen-bond donors (Lipinski definition) is 1. The fourth-order valence-electron chi connectivity index (χ4n) is 3.06. The number of carbonyl (C=O) groups excluding carboxylic acids is 1.